The monoisotopic (exact) mass is 719 g/mol. The zero-order valence-corrected chi connectivity index (χ0v) is 30.6. The molecule has 0 saturated heterocycles. The summed E-state index contributed by atoms with van der Waals surface area (Å²) >= 11 is 1.87. The van der Waals surface area contributed by atoms with Gasteiger partial charge in [-0.3, -0.25) is 0 Å². The summed E-state index contributed by atoms with van der Waals surface area (Å²) in [6, 6.07) is 72.2. The Morgan fingerprint density at radius 3 is 1.84 bits per heavy atom. The van der Waals surface area contributed by atoms with Crippen LogP contribution in [0, 0.1) is 0 Å². The molecule has 55 heavy (non-hydrogen) atoms. The average molecular weight is 720 g/mol. The lowest BCUT2D eigenvalue weighted by atomic mass is 9.98. The maximum absolute atomic E-state index is 6.23. The number of furan rings is 1. The molecule has 0 atom stereocenters. The molecule has 258 valence electrons. The number of thiophene rings is 1. The van der Waals surface area contributed by atoms with Crippen LogP contribution in [0.4, 0.5) is 17.1 Å². The van der Waals surface area contributed by atoms with E-state index in [1.165, 1.54) is 58.9 Å². The molecule has 0 bridgehead atoms. The first-order valence-corrected chi connectivity index (χ1v) is 19.5. The summed E-state index contributed by atoms with van der Waals surface area (Å²) < 4.78 is 8.88. The van der Waals surface area contributed by atoms with E-state index in [2.05, 4.69) is 193 Å². The van der Waals surface area contributed by atoms with Crippen molar-refractivity contribution in [1.82, 2.24) is 0 Å². The minimum Gasteiger partial charge on any atom is -0.456 e. The van der Waals surface area contributed by atoms with Gasteiger partial charge < -0.3 is 9.32 Å². The molecule has 0 amide bonds. The summed E-state index contributed by atoms with van der Waals surface area (Å²) in [6.07, 6.45) is 0. The molecule has 11 aromatic rings. The van der Waals surface area contributed by atoms with Gasteiger partial charge in [0.25, 0.3) is 0 Å². The Kier molecular flexibility index (Phi) is 7.39. The van der Waals surface area contributed by atoms with Gasteiger partial charge in [-0.2, -0.15) is 0 Å². The molecule has 3 heteroatoms. The Hall–Kier alpha value is -6.94. The third-order valence-electron chi connectivity index (χ3n) is 10.9. The van der Waals surface area contributed by atoms with E-state index in [0.717, 1.165) is 44.4 Å². The van der Waals surface area contributed by atoms with E-state index >= 15 is 0 Å². The van der Waals surface area contributed by atoms with Crippen LogP contribution in [0.1, 0.15) is 0 Å². The number of rotatable bonds is 6. The molecule has 0 fully saturated rings. The van der Waals surface area contributed by atoms with Gasteiger partial charge in [0.15, 0.2) is 0 Å². The van der Waals surface area contributed by atoms with E-state index in [4.69, 9.17) is 4.42 Å². The molecule has 11 rings (SSSR count). The molecule has 0 radical (unpaired) electrons. The largest absolute Gasteiger partial charge is 0.456 e. The molecule has 0 aliphatic heterocycles. The van der Waals surface area contributed by atoms with Crippen molar-refractivity contribution in [2.24, 2.45) is 0 Å². The minimum absolute atomic E-state index is 0.917. The van der Waals surface area contributed by atoms with E-state index in [1.54, 1.807) is 0 Å². The van der Waals surface area contributed by atoms with Gasteiger partial charge in [0, 0.05) is 47.9 Å². The molecule has 0 saturated carbocycles. The van der Waals surface area contributed by atoms with Crippen LogP contribution in [0.15, 0.2) is 205 Å². The fourth-order valence-corrected chi connectivity index (χ4v) is 9.41. The Morgan fingerprint density at radius 2 is 1.00 bits per heavy atom. The predicted octanol–water partition coefficient (Wildman–Crippen LogP) is 15.6. The van der Waals surface area contributed by atoms with Crippen molar-refractivity contribution in [3.8, 4) is 33.4 Å². The third kappa shape index (κ3) is 5.40. The van der Waals surface area contributed by atoms with Crippen LogP contribution in [0.5, 0.6) is 0 Å². The number of benzene rings is 9. The number of nitrogens with zero attached hydrogens (tertiary/aromatic N) is 1. The quantitative estimate of drug-likeness (QED) is 0.170. The molecule has 0 aliphatic rings. The molecule has 2 heterocycles. The molecular weight excluding hydrogens is 687 g/mol. The average Bonchev–Trinajstić information content (AvgIpc) is 3.82. The van der Waals surface area contributed by atoms with Gasteiger partial charge in [-0.1, -0.05) is 140 Å². The number of para-hydroxylation sites is 2. The Bertz CT molecular complexity index is 3190. The zero-order valence-electron chi connectivity index (χ0n) is 29.8. The Labute approximate surface area is 322 Å². The van der Waals surface area contributed by atoms with Gasteiger partial charge in [0.05, 0.1) is 5.69 Å². The SMILES string of the molecule is c1ccc(-c2ccccc2N(c2ccc(-c3ccc4cc5c(cc4c3)oc3ccccc35)cc2)c2ccc(-c3cccc4c3sc3ccccc34)cc2)cc1. The minimum atomic E-state index is 0.917. The van der Waals surface area contributed by atoms with E-state index in [1.807, 2.05) is 23.5 Å². The molecule has 0 aliphatic carbocycles. The molecule has 0 N–H and O–H groups in total. The second-order valence-corrected chi connectivity index (χ2v) is 15.2. The third-order valence-corrected chi connectivity index (χ3v) is 12.1. The van der Waals surface area contributed by atoms with Gasteiger partial charge in [-0.05, 0) is 99.3 Å². The summed E-state index contributed by atoms with van der Waals surface area (Å²) in [4.78, 5) is 2.38. The molecular formula is C52H33NOS. The summed E-state index contributed by atoms with van der Waals surface area (Å²) in [5.41, 5.74) is 12.3. The number of hydrogen-bond donors (Lipinski definition) is 0. The van der Waals surface area contributed by atoms with Crippen LogP contribution in [0.2, 0.25) is 0 Å². The summed E-state index contributed by atoms with van der Waals surface area (Å²) in [6.45, 7) is 0. The van der Waals surface area contributed by atoms with Crippen molar-refractivity contribution in [1.29, 1.82) is 0 Å². The van der Waals surface area contributed by atoms with Crippen LogP contribution in [0.3, 0.4) is 0 Å². The molecule has 9 aromatic carbocycles. The second kappa shape index (κ2) is 12.9. The maximum Gasteiger partial charge on any atom is 0.136 e. The van der Waals surface area contributed by atoms with Crippen molar-refractivity contribution in [2.75, 3.05) is 4.90 Å². The van der Waals surface area contributed by atoms with E-state index < -0.39 is 0 Å². The number of fused-ring (bicyclic) bond motifs is 7. The highest BCUT2D eigenvalue weighted by atomic mass is 32.1. The lowest BCUT2D eigenvalue weighted by molar-refractivity contribution is 0.669. The smallest absolute Gasteiger partial charge is 0.136 e. The van der Waals surface area contributed by atoms with Gasteiger partial charge in [0.2, 0.25) is 0 Å². The highest BCUT2D eigenvalue weighted by Crippen LogP contribution is 2.44. The van der Waals surface area contributed by atoms with Crippen LogP contribution in [-0.4, -0.2) is 0 Å². The first kappa shape index (κ1) is 31.6. The first-order valence-electron chi connectivity index (χ1n) is 18.7. The standard InChI is InChI=1S/C52H33NOS/c1-2-11-35(12-3-1)42-13-4-7-18-48(42)53(41-29-25-36(26-30-41)43-16-10-17-46-45-15-6-9-20-51(45)55-52(43)46)40-27-23-34(24-28-40)37-21-22-38-32-47-44-14-5-8-19-49(44)54-50(47)33-39(38)31-37/h1-33H. The molecule has 0 spiro atoms. The summed E-state index contributed by atoms with van der Waals surface area (Å²) in [5, 5.41) is 7.31. The fraction of sp³-hybridized carbons (Fsp3) is 0. The van der Waals surface area contributed by atoms with E-state index in [-0.39, 0.29) is 0 Å². The van der Waals surface area contributed by atoms with E-state index in [9.17, 15) is 0 Å². The number of hydrogen-bond acceptors (Lipinski definition) is 3. The molecule has 2 nitrogen and oxygen atoms in total. The highest BCUT2D eigenvalue weighted by molar-refractivity contribution is 7.26. The molecule has 2 aromatic heterocycles. The van der Waals surface area contributed by atoms with Crippen molar-refractivity contribution >= 4 is 81.3 Å². The predicted molar refractivity (Wildman–Crippen MR) is 235 cm³/mol. The van der Waals surface area contributed by atoms with Gasteiger partial charge in [0.1, 0.15) is 11.2 Å². The Morgan fingerprint density at radius 1 is 0.364 bits per heavy atom. The summed E-state index contributed by atoms with van der Waals surface area (Å²) in [5.74, 6) is 0. The van der Waals surface area contributed by atoms with Crippen molar-refractivity contribution in [3.05, 3.63) is 200 Å². The summed E-state index contributed by atoms with van der Waals surface area (Å²) in [7, 11) is 0. The topological polar surface area (TPSA) is 16.4 Å². The normalized spacial score (nSPS) is 11.6. The van der Waals surface area contributed by atoms with Crippen molar-refractivity contribution in [2.45, 2.75) is 0 Å². The second-order valence-electron chi connectivity index (χ2n) is 14.1. The molecule has 0 unspecified atom stereocenters. The first-order chi connectivity index (χ1) is 27.2. The van der Waals surface area contributed by atoms with Gasteiger partial charge >= 0.3 is 0 Å². The lowest BCUT2D eigenvalue weighted by Crippen LogP contribution is -2.11. The fourth-order valence-electron chi connectivity index (χ4n) is 8.17. The maximum atomic E-state index is 6.23. The van der Waals surface area contributed by atoms with Crippen LogP contribution >= 0.6 is 11.3 Å². The van der Waals surface area contributed by atoms with Crippen molar-refractivity contribution in [3.63, 3.8) is 0 Å². The Balaban J connectivity index is 1.00. The van der Waals surface area contributed by atoms with Gasteiger partial charge in [-0.15, -0.1) is 11.3 Å². The number of anilines is 3. The van der Waals surface area contributed by atoms with Crippen LogP contribution in [0.25, 0.3) is 86.3 Å². The van der Waals surface area contributed by atoms with E-state index in [0.29, 0.717) is 0 Å². The van der Waals surface area contributed by atoms with Crippen molar-refractivity contribution < 1.29 is 4.42 Å². The van der Waals surface area contributed by atoms with Crippen LogP contribution < -0.4 is 4.90 Å². The van der Waals surface area contributed by atoms with Gasteiger partial charge in [-0.25, -0.2) is 0 Å². The zero-order chi connectivity index (χ0) is 36.3. The highest BCUT2D eigenvalue weighted by Gasteiger charge is 2.18. The lowest BCUT2D eigenvalue weighted by Gasteiger charge is -2.28. The van der Waals surface area contributed by atoms with Crippen LogP contribution in [-0.2, 0) is 0 Å².